The first-order valence-corrected chi connectivity index (χ1v) is 9.02. The van der Waals surface area contributed by atoms with Crippen molar-refractivity contribution in [1.82, 2.24) is 4.90 Å². The van der Waals surface area contributed by atoms with Crippen LogP contribution in [0.15, 0.2) is 0 Å². The van der Waals surface area contributed by atoms with Gasteiger partial charge in [-0.1, -0.05) is 26.7 Å². The van der Waals surface area contributed by atoms with Crippen LogP contribution in [0, 0.1) is 17.8 Å². The molecule has 1 aliphatic carbocycles. The van der Waals surface area contributed by atoms with Crippen LogP contribution in [0.25, 0.3) is 0 Å². The summed E-state index contributed by atoms with van der Waals surface area (Å²) < 4.78 is 0. The third-order valence-electron chi connectivity index (χ3n) is 5.76. The molecule has 0 aromatic rings. The van der Waals surface area contributed by atoms with Crippen LogP contribution in [0.1, 0.15) is 71.6 Å². The Bertz CT molecular complexity index is 329. The Morgan fingerprint density at radius 3 is 2.67 bits per heavy atom. The van der Waals surface area contributed by atoms with E-state index in [0.29, 0.717) is 12.3 Å². The van der Waals surface area contributed by atoms with Gasteiger partial charge in [-0.2, -0.15) is 0 Å². The molecule has 1 heterocycles. The van der Waals surface area contributed by atoms with Crippen LogP contribution >= 0.6 is 0 Å². The molecule has 0 amide bonds. The lowest BCUT2D eigenvalue weighted by molar-refractivity contribution is -0.137. The second kappa shape index (κ2) is 8.17. The van der Waals surface area contributed by atoms with E-state index >= 15 is 0 Å². The number of likely N-dealkylation sites (tertiary alicyclic amines) is 1. The van der Waals surface area contributed by atoms with Gasteiger partial charge in [-0.3, -0.25) is 4.79 Å². The number of carbonyl (C=O) groups is 1. The Kier molecular flexibility index (Phi) is 6.53. The SMILES string of the molecule is CC(C)C1CCCC(N2CCCC(CCC(=O)O)C2)CC1. The van der Waals surface area contributed by atoms with Gasteiger partial charge in [-0.15, -0.1) is 0 Å². The maximum Gasteiger partial charge on any atom is 0.303 e. The molecule has 0 radical (unpaired) electrons. The van der Waals surface area contributed by atoms with Crippen molar-refractivity contribution in [1.29, 1.82) is 0 Å². The Balaban J connectivity index is 1.81. The summed E-state index contributed by atoms with van der Waals surface area (Å²) in [5.41, 5.74) is 0. The zero-order valence-electron chi connectivity index (χ0n) is 13.9. The largest absolute Gasteiger partial charge is 0.481 e. The first-order valence-electron chi connectivity index (χ1n) is 9.02. The zero-order valence-corrected chi connectivity index (χ0v) is 13.9. The lowest BCUT2D eigenvalue weighted by Gasteiger charge is -2.38. The number of piperidine rings is 1. The van der Waals surface area contributed by atoms with E-state index in [-0.39, 0.29) is 0 Å². The predicted molar refractivity (Wildman–Crippen MR) is 86.4 cm³/mol. The van der Waals surface area contributed by atoms with Crippen LogP contribution in [0.3, 0.4) is 0 Å². The molecule has 0 aromatic heterocycles. The third-order valence-corrected chi connectivity index (χ3v) is 5.76. The average molecular weight is 295 g/mol. The Morgan fingerprint density at radius 2 is 1.95 bits per heavy atom. The lowest BCUT2D eigenvalue weighted by Crippen LogP contribution is -2.42. The summed E-state index contributed by atoms with van der Waals surface area (Å²) in [5, 5.41) is 8.86. The highest BCUT2D eigenvalue weighted by molar-refractivity contribution is 5.66. The highest BCUT2D eigenvalue weighted by Gasteiger charge is 2.28. The minimum atomic E-state index is -0.638. The van der Waals surface area contributed by atoms with Gasteiger partial charge in [-0.25, -0.2) is 0 Å². The highest BCUT2D eigenvalue weighted by atomic mass is 16.4. The molecule has 1 aliphatic heterocycles. The minimum Gasteiger partial charge on any atom is -0.481 e. The number of nitrogens with zero attached hydrogens (tertiary/aromatic N) is 1. The smallest absolute Gasteiger partial charge is 0.303 e. The quantitative estimate of drug-likeness (QED) is 0.774. The summed E-state index contributed by atoms with van der Waals surface area (Å²) in [6.45, 7) is 7.12. The van der Waals surface area contributed by atoms with Gasteiger partial charge in [0.15, 0.2) is 0 Å². The summed E-state index contributed by atoms with van der Waals surface area (Å²) in [4.78, 5) is 13.5. The van der Waals surface area contributed by atoms with Crippen molar-refractivity contribution in [2.45, 2.75) is 77.7 Å². The summed E-state index contributed by atoms with van der Waals surface area (Å²) in [7, 11) is 0. The van der Waals surface area contributed by atoms with Gasteiger partial charge in [-0.05, 0) is 62.8 Å². The van der Waals surface area contributed by atoms with Gasteiger partial charge in [0.25, 0.3) is 0 Å². The fourth-order valence-corrected chi connectivity index (χ4v) is 4.33. The third kappa shape index (κ3) is 5.28. The zero-order chi connectivity index (χ0) is 15.2. The molecule has 0 bridgehead atoms. The van der Waals surface area contributed by atoms with E-state index < -0.39 is 5.97 Å². The fourth-order valence-electron chi connectivity index (χ4n) is 4.33. The summed E-state index contributed by atoms with van der Waals surface area (Å²) in [5.74, 6) is 1.72. The summed E-state index contributed by atoms with van der Waals surface area (Å²) in [6.07, 6.45) is 10.6. The van der Waals surface area contributed by atoms with Crippen LogP contribution in [-0.4, -0.2) is 35.1 Å². The first kappa shape index (κ1) is 16.8. The predicted octanol–water partition coefficient (Wildman–Crippen LogP) is 4.17. The molecule has 1 saturated carbocycles. The van der Waals surface area contributed by atoms with Gasteiger partial charge in [0.05, 0.1) is 0 Å². The van der Waals surface area contributed by atoms with Crippen molar-refractivity contribution in [3.05, 3.63) is 0 Å². The van der Waals surface area contributed by atoms with Crippen LogP contribution in [0.5, 0.6) is 0 Å². The van der Waals surface area contributed by atoms with E-state index in [2.05, 4.69) is 18.7 Å². The monoisotopic (exact) mass is 295 g/mol. The van der Waals surface area contributed by atoms with E-state index in [1.54, 1.807) is 0 Å². The Hall–Kier alpha value is -0.570. The molecule has 2 rings (SSSR count). The van der Waals surface area contributed by atoms with Crippen LogP contribution in [0.4, 0.5) is 0 Å². The standard InChI is InChI=1S/C18H33NO2/c1-14(2)16-6-3-7-17(10-9-16)19-12-4-5-15(13-19)8-11-18(20)21/h14-17H,3-13H2,1-2H3,(H,20,21). The van der Waals surface area contributed by atoms with Gasteiger partial charge in [0.1, 0.15) is 0 Å². The van der Waals surface area contributed by atoms with Gasteiger partial charge >= 0.3 is 5.97 Å². The van der Waals surface area contributed by atoms with E-state index in [0.717, 1.165) is 30.8 Å². The molecule has 3 nitrogen and oxygen atoms in total. The second-order valence-corrected chi connectivity index (χ2v) is 7.60. The summed E-state index contributed by atoms with van der Waals surface area (Å²) >= 11 is 0. The number of hydrogen-bond acceptors (Lipinski definition) is 2. The van der Waals surface area contributed by atoms with Crippen molar-refractivity contribution in [2.24, 2.45) is 17.8 Å². The van der Waals surface area contributed by atoms with Gasteiger partial charge in [0, 0.05) is 19.0 Å². The molecular formula is C18H33NO2. The molecule has 3 heteroatoms. The topological polar surface area (TPSA) is 40.5 Å². The fraction of sp³-hybridized carbons (Fsp3) is 0.944. The molecule has 0 aromatic carbocycles. The molecule has 3 atom stereocenters. The van der Waals surface area contributed by atoms with Crippen LogP contribution in [0.2, 0.25) is 0 Å². The molecule has 21 heavy (non-hydrogen) atoms. The molecule has 3 unspecified atom stereocenters. The van der Waals surface area contributed by atoms with Crippen molar-refractivity contribution < 1.29 is 9.90 Å². The van der Waals surface area contributed by atoms with E-state index in [1.165, 1.54) is 51.5 Å². The van der Waals surface area contributed by atoms with Crippen molar-refractivity contribution >= 4 is 5.97 Å². The second-order valence-electron chi connectivity index (χ2n) is 7.60. The van der Waals surface area contributed by atoms with Gasteiger partial charge < -0.3 is 10.0 Å². The molecule has 0 spiro atoms. The van der Waals surface area contributed by atoms with E-state index in [1.807, 2.05) is 0 Å². The van der Waals surface area contributed by atoms with Crippen molar-refractivity contribution in [3.63, 3.8) is 0 Å². The average Bonchev–Trinajstić information content (AvgIpc) is 2.71. The summed E-state index contributed by atoms with van der Waals surface area (Å²) in [6, 6.07) is 0.765. The maximum atomic E-state index is 10.8. The molecule has 1 saturated heterocycles. The van der Waals surface area contributed by atoms with Gasteiger partial charge in [0.2, 0.25) is 0 Å². The highest BCUT2D eigenvalue weighted by Crippen LogP contribution is 2.33. The van der Waals surface area contributed by atoms with E-state index in [9.17, 15) is 4.79 Å². The van der Waals surface area contributed by atoms with Crippen LogP contribution < -0.4 is 0 Å². The molecule has 2 aliphatic rings. The Morgan fingerprint density at radius 1 is 1.14 bits per heavy atom. The van der Waals surface area contributed by atoms with E-state index in [4.69, 9.17) is 5.11 Å². The molecule has 1 N–H and O–H groups in total. The number of aliphatic carboxylic acids is 1. The van der Waals surface area contributed by atoms with Crippen molar-refractivity contribution in [3.8, 4) is 0 Å². The van der Waals surface area contributed by atoms with Crippen LogP contribution in [-0.2, 0) is 4.79 Å². The molecular weight excluding hydrogens is 262 g/mol. The first-order chi connectivity index (χ1) is 10.1. The number of rotatable bonds is 5. The Labute approximate surface area is 130 Å². The number of carboxylic acid groups (broad SMARTS) is 1. The molecule has 122 valence electrons. The molecule has 2 fully saturated rings. The number of carboxylic acids is 1. The van der Waals surface area contributed by atoms with Crippen molar-refractivity contribution in [2.75, 3.05) is 13.1 Å². The lowest BCUT2D eigenvalue weighted by atomic mass is 9.88. The normalized spacial score (nSPS) is 32.0. The number of hydrogen-bond donors (Lipinski definition) is 1. The maximum absolute atomic E-state index is 10.8. The minimum absolute atomic E-state index is 0.346.